The van der Waals surface area contributed by atoms with Crippen molar-refractivity contribution in [1.29, 1.82) is 0 Å². The molecule has 0 aromatic heterocycles. The third kappa shape index (κ3) is 5.91. The maximum Gasteiger partial charge on any atom is 0.140 e. The Morgan fingerprint density at radius 3 is 2.12 bits per heavy atom. The third-order valence-corrected chi connectivity index (χ3v) is 3.19. The van der Waals surface area contributed by atoms with Crippen molar-refractivity contribution >= 4 is 5.84 Å². The molecule has 1 unspecified atom stereocenters. The van der Waals surface area contributed by atoms with Gasteiger partial charge in [0, 0.05) is 25.0 Å². The summed E-state index contributed by atoms with van der Waals surface area (Å²) in [5, 5.41) is 11.7. The summed E-state index contributed by atoms with van der Waals surface area (Å²) in [5.74, 6) is 0.947. The third-order valence-electron chi connectivity index (χ3n) is 3.19. The van der Waals surface area contributed by atoms with Crippen molar-refractivity contribution in [2.75, 3.05) is 6.54 Å². The zero-order chi connectivity index (χ0) is 13.4. The summed E-state index contributed by atoms with van der Waals surface area (Å²) in [6.07, 6.45) is 2.91. The van der Waals surface area contributed by atoms with Crippen LogP contribution in [-0.2, 0) is 0 Å². The number of nitrogens with two attached hydrogens (primary N) is 1. The van der Waals surface area contributed by atoms with Crippen molar-refractivity contribution < 1.29 is 5.21 Å². The fourth-order valence-electron chi connectivity index (χ4n) is 2.33. The van der Waals surface area contributed by atoms with E-state index in [0.29, 0.717) is 30.3 Å². The van der Waals surface area contributed by atoms with Gasteiger partial charge in [0.1, 0.15) is 5.84 Å². The summed E-state index contributed by atoms with van der Waals surface area (Å²) in [4.78, 5) is 2.49. The van der Waals surface area contributed by atoms with E-state index >= 15 is 0 Å². The molecule has 17 heavy (non-hydrogen) atoms. The van der Waals surface area contributed by atoms with Gasteiger partial charge in [-0.3, -0.25) is 4.90 Å². The van der Waals surface area contributed by atoms with Crippen LogP contribution in [0.15, 0.2) is 5.16 Å². The molecule has 0 radical (unpaired) electrons. The average molecular weight is 243 g/mol. The smallest absolute Gasteiger partial charge is 0.140 e. The zero-order valence-corrected chi connectivity index (χ0v) is 12.0. The summed E-state index contributed by atoms with van der Waals surface area (Å²) in [6.45, 7) is 12.1. The molecule has 0 aliphatic carbocycles. The van der Waals surface area contributed by atoms with E-state index < -0.39 is 0 Å². The van der Waals surface area contributed by atoms with E-state index in [-0.39, 0.29) is 0 Å². The van der Waals surface area contributed by atoms with Gasteiger partial charge in [0.05, 0.1) is 0 Å². The van der Waals surface area contributed by atoms with Crippen LogP contribution in [0.2, 0.25) is 0 Å². The second-order valence-electron chi connectivity index (χ2n) is 5.21. The Hall–Kier alpha value is -0.770. The fourth-order valence-corrected chi connectivity index (χ4v) is 2.33. The number of nitrogens with zero attached hydrogens (tertiary/aromatic N) is 2. The van der Waals surface area contributed by atoms with E-state index in [2.05, 4.69) is 44.7 Å². The minimum atomic E-state index is 0.317. The van der Waals surface area contributed by atoms with Crippen LogP contribution in [0.4, 0.5) is 0 Å². The summed E-state index contributed by atoms with van der Waals surface area (Å²) in [6, 6.07) is 0.900. The molecule has 0 saturated heterocycles. The van der Waals surface area contributed by atoms with Crippen LogP contribution < -0.4 is 5.73 Å². The largest absolute Gasteiger partial charge is 0.409 e. The van der Waals surface area contributed by atoms with Crippen molar-refractivity contribution in [2.24, 2.45) is 16.8 Å². The number of hydrogen-bond donors (Lipinski definition) is 2. The number of amidine groups is 1. The number of hydrogen-bond acceptors (Lipinski definition) is 3. The maximum atomic E-state index is 8.64. The van der Waals surface area contributed by atoms with E-state index in [4.69, 9.17) is 10.9 Å². The first kappa shape index (κ1) is 16.2. The first-order chi connectivity index (χ1) is 7.96. The second-order valence-corrected chi connectivity index (χ2v) is 5.21. The van der Waals surface area contributed by atoms with Crippen molar-refractivity contribution in [2.45, 2.75) is 66.0 Å². The lowest BCUT2D eigenvalue weighted by atomic mass is 10.0. The summed E-state index contributed by atoms with van der Waals surface area (Å²) in [5.41, 5.74) is 5.60. The predicted octanol–water partition coefficient (Wildman–Crippen LogP) is 2.66. The molecule has 0 rings (SSSR count). The van der Waals surface area contributed by atoms with Gasteiger partial charge < -0.3 is 10.9 Å². The van der Waals surface area contributed by atoms with Gasteiger partial charge >= 0.3 is 0 Å². The van der Waals surface area contributed by atoms with Crippen LogP contribution >= 0.6 is 0 Å². The predicted molar refractivity (Wildman–Crippen MR) is 73.4 cm³/mol. The average Bonchev–Trinajstić information content (AvgIpc) is 2.28. The van der Waals surface area contributed by atoms with Gasteiger partial charge in [-0.05, 0) is 25.7 Å². The molecule has 0 aromatic carbocycles. The monoisotopic (exact) mass is 243 g/mol. The first-order valence-electron chi connectivity index (χ1n) is 6.68. The minimum Gasteiger partial charge on any atom is -0.409 e. The molecule has 0 spiro atoms. The minimum absolute atomic E-state index is 0.317. The van der Waals surface area contributed by atoms with Crippen LogP contribution in [0.25, 0.3) is 0 Å². The van der Waals surface area contributed by atoms with Gasteiger partial charge in [0.15, 0.2) is 0 Å². The molecular weight excluding hydrogens is 214 g/mol. The van der Waals surface area contributed by atoms with Crippen molar-refractivity contribution in [3.05, 3.63) is 0 Å². The number of oxime groups is 1. The highest BCUT2D eigenvalue weighted by molar-refractivity contribution is 5.80. The lowest BCUT2D eigenvalue weighted by Crippen LogP contribution is -2.45. The topological polar surface area (TPSA) is 61.8 Å². The molecule has 3 N–H and O–H groups in total. The van der Waals surface area contributed by atoms with Gasteiger partial charge in [-0.2, -0.15) is 0 Å². The van der Waals surface area contributed by atoms with Crippen LogP contribution in [0.1, 0.15) is 53.9 Å². The van der Waals surface area contributed by atoms with Crippen LogP contribution in [-0.4, -0.2) is 34.6 Å². The van der Waals surface area contributed by atoms with Crippen LogP contribution in [0.3, 0.4) is 0 Å². The van der Waals surface area contributed by atoms with Gasteiger partial charge in [0.2, 0.25) is 0 Å². The molecule has 0 heterocycles. The molecule has 0 saturated carbocycles. The molecular formula is C13H29N3O. The summed E-state index contributed by atoms with van der Waals surface area (Å²) >= 11 is 0. The second kappa shape index (κ2) is 8.34. The highest BCUT2D eigenvalue weighted by Gasteiger charge is 2.22. The highest BCUT2D eigenvalue weighted by Crippen LogP contribution is 2.17. The lowest BCUT2D eigenvalue weighted by molar-refractivity contribution is 0.120. The molecule has 1 atom stereocenters. The van der Waals surface area contributed by atoms with Crippen LogP contribution in [0, 0.1) is 5.92 Å². The lowest BCUT2D eigenvalue weighted by Gasteiger charge is -2.36. The molecule has 102 valence electrons. The Morgan fingerprint density at radius 2 is 1.76 bits per heavy atom. The van der Waals surface area contributed by atoms with E-state index in [1.165, 1.54) is 0 Å². The van der Waals surface area contributed by atoms with Gasteiger partial charge in [-0.1, -0.05) is 32.9 Å². The Bertz CT molecular complexity index is 225. The molecule has 0 bridgehead atoms. The van der Waals surface area contributed by atoms with E-state index in [0.717, 1.165) is 19.4 Å². The molecule has 0 fully saturated rings. The molecule has 0 aliphatic rings. The Morgan fingerprint density at radius 1 is 1.24 bits per heavy atom. The Labute approximate surface area is 106 Å². The van der Waals surface area contributed by atoms with Gasteiger partial charge in [0.25, 0.3) is 0 Å². The maximum absolute atomic E-state index is 8.64. The van der Waals surface area contributed by atoms with Gasteiger partial charge in [-0.15, -0.1) is 0 Å². The van der Waals surface area contributed by atoms with E-state index in [1.54, 1.807) is 0 Å². The molecule has 4 heteroatoms. The summed E-state index contributed by atoms with van der Waals surface area (Å²) < 4.78 is 0. The molecule has 0 aliphatic heterocycles. The normalized spacial score (nSPS) is 14.9. The van der Waals surface area contributed by atoms with Gasteiger partial charge in [-0.25, -0.2) is 0 Å². The van der Waals surface area contributed by atoms with Crippen molar-refractivity contribution in [1.82, 2.24) is 4.90 Å². The molecule has 0 aromatic rings. The number of rotatable bonds is 8. The Balaban J connectivity index is 4.65. The van der Waals surface area contributed by atoms with E-state index in [9.17, 15) is 0 Å². The van der Waals surface area contributed by atoms with Crippen LogP contribution in [0.5, 0.6) is 0 Å². The molecule has 4 nitrogen and oxygen atoms in total. The van der Waals surface area contributed by atoms with E-state index in [1.807, 2.05) is 0 Å². The SMILES string of the molecule is CCC(CC)N(CC(C)C)C(C)CC(N)=NO. The molecule has 0 amide bonds. The highest BCUT2D eigenvalue weighted by atomic mass is 16.4. The quantitative estimate of drug-likeness (QED) is 0.298. The summed E-state index contributed by atoms with van der Waals surface area (Å²) in [7, 11) is 0. The Kier molecular flexibility index (Phi) is 7.96. The van der Waals surface area contributed by atoms with Crippen molar-refractivity contribution in [3.8, 4) is 0 Å². The standard InChI is InChI=1S/C13H29N3O/c1-6-12(7-2)16(9-10(3)4)11(5)8-13(14)15-17/h10-12,17H,6-9H2,1-5H3,(H2,14,15). The zero-order valence-electron chi connectivity index (χ0n) is 12.0. The first-order valence-corrected chi connectivity index (χ1v) is 6.68. The fraction of sp³-hybridized carbons (Fsp3) is 0.923. The van der Waals surface area contributed by atoms with Crippen molar-refractivity contribution in [3.63, 3.8) is 0 Å².